The molecule has 0 fully saturated rings. The molecule has 31 heavy (non-hydrogen) atoms. The third-order valence-corrected chi connectivity index (χ3v) is 5.21. The highest BCUT2D eigenvalue weighted by Crippen LogP contribution is 2.17. The Morgan fingerprint density at radius 1 is 0.871 bits per heavy atom. The predicted molar refractivity (Wildman–Crippen MR) is 120 cm³/mol. The Hall–Kier alpha value is -3.47. The fourth-order valence-electron chi connectivity index (χ4n) is 3.32. The van der Waals surface area contributed by atoms with E-state index in [1.807, 2.05) is 72.8 Å². The molecule has 1 amide bonds. The minimum atomic E-state index is -0.526. The van der Waals surface area contributed by atoms with Gasteiger partial charge in [0.25, 0.3) is 0 Å². The molecule has 0 aliphatic carbocycles. The van der Waals surface area contributed by atoms with Gasteiger partial charge in [0.2, 0.25) is 5.91 Å². The summed E-state index contributed by atoms with van der Waals surface area (Å²) in [6.07, 6.45) is 4.83. The van der Waals surface area contributed by atoms with Gasteiger partial charge in [-0.3, -0.25) is 14.6 Å². The van der Waals surface area contributed by atoms with E-state index in [0.29, 0.717) is 13.0 Å². The second-order valence-electron chi connectivity index (χ2n) is 7.60. The minimum absolute atomic E-state index is 0.0633. The van der Waals surface area contributed by atoms with Crippen molar-refractivity contribution in [1.29, 1.82) is 0 Å². The minimum Gasteiger partial charge on any atom is -0.461 e. The number of esters is 1. The fraction of sp³-hybridized carbons (Fsp3) is 0.269. The highest BCUT2D eigenvalue weighted by atomic mass is 16.5. The molecule has 160 valence electrons. The Morgan fingerprint density at radius 3 is 2.13 bits per heavy atom. The van der Waals surface area contributed by atoms with Crippen molar-refractivity contribution < 1.29 is 14.3 Å². The van der Waals surface area contributed by atoms with Crippen molar-refractivity contribution in [2.75, 3.05) is 13.6 Å². The maximum absolute atomic E-state index is 12.9. The SMILES string of the molecule is CN(CCc1ccncc1)C(=O)C[C@@H](Cc1ccccc1)C(=O)OCc1ccccc1. The van der Waals surface area contributed by atoms with E-state index < -0.39 is 5.92 Å². The van der Waals surface area contributed by atoms with E-state index in [2.05, 4.69) is 4.98 Å². The first-order valence-electron chi connectivity index (χ1n) is 10.5. The molecule has 0 N–H and O–H groups in total. The summed E-state index contributed by atoms with van der Waals surface area (Å²) < 4.78 is 5.56. The zero-order valence-corrected chi connectivity index (χ0v) is 17.8. The first-order chi connectivity index (χ1) is 15.1. The maximum atomic E-state index is 12.9. The Morgan fingerprint density at radius 2 is 1.48 bits per heavy atom. The molecule has 0 unspecified atom stereocenters. The van der Waals surface area contributed by atoms with Gasteiger partial charge in [-0.1, -0.05) is 60.7 Å². The quantitative estimate of drug-likeness (QED) is 0.468. The number of nitrogens with zero attached hydrogens (tertiary/aromatic N) is 2. The number of likely N-dealkylation sites (N-methyl/N-ethyl adjacent to an activating group) is 1. The van der Waals surface area contributed by atoms with Crippen molar-refractivity contribution in [1.82, 2.24) is 9.88 Å². The summed E-state index contributed by atoms with van der Waals surface area (Å²) in [6.45, 7) is 0.789. The van der Waals surface area contributed by atoms with Gasteiger partial charge in [0.15, 0.2) is 0 Å². The lowest BCUT2D eigenvalue weighted by Gasteiger charge is -2.21. The molecule has 1 atom stereocenters. The number of hydrogen-bond acceptors (Lipinski definition) is 4. The van der Waals surface area contributed by atoms with Gasteiger partial charge in [0.05, 0.1) is 5.92 Å². The summed E-state index contributed by atoms with van der Waals surface area (Å²) in [7, 11) is 1.78. The second-order valence-corrected chi connectivity index (χ2v) is 7.60. The Bertz CT molecular complexity index is 946. The van der Waals surface area contributed by atoms with Gasteiger partial charge in [-0.2, -0.15) is 0 Å². The molecular weight excluding hydrogens is 388 g/mol. The largest absolute Gasteiger partial charge is 0.461 e. The average molecular weight is 417 g/mol. The van der Waals surface area contributed by atoms with Crippen molar-refractivity contribution in [2.24, 2.45) is 5.92 Å². The maximum Gasteiger partial charge on any atom is 0.310 e. The van der Waals surface area contributed by atoms with Gasteiger partial charge in [0, 0.05) is 32.4 Å². The first kappa shape index (κ1) is 22.2. The molecule has 0 radical (unpaired) electrons. The molecule has 0 saturated heterocycles. The first-order valence-corrected chi connectivity index (χ1v) is 10.5. The molecule has 1 aromatic heterocycles. The van der Waals surface area contributed by atoms with Crippen molar-refractivity contribution in [2.45, 2.75) is 25.9 Å². The molecule has 2 aromatic carbocycles. The van der Waals surface area contributed by atoms with E-state index in [1.165, 1.54) is 0 Å². The summed E-state index contributed by atoms with van der Waals surface area (Å²) in [5.41, 5.74) is 3.06. The number of pyridine rings is 1. The number of benzene rings is 2. The molecule has 3 rings (SSSR count). The highest BCUT2D eigenvalue weighted by molar-refractivity contribution is 5.83. The average Bonchev–Trinajstić information content (AvgIpc) is 2.82. The Balaban J connectivity index is 1.60. The number of ether oxygens (including phenoxy) is 1. The lowest BCUT2D eigenvalue weighted by Crippen LogP contribution is -2.33. The van der Waals surface area contributed by atoms with E-state index in [9.17, 15) is 9.59 Å². The molecule has 3 aromatic rings. The summed E-state index contributed by atoms with van der Waals surface area (Å²) in [6, 6.07) is 23.2. The van der Waals surface area contributed by atoms with Crippen LogP contribution in [0.3, 0.4) is 0 Å². The van der Waals surface area contributed by atoms with Crippen LogP contribution in [0.4, 0.5) is 0 Å². The van der Waals surface area contributed by atoms with Gasteiger partial charge in [-0.25, -0.2) is 0 Å². The lowest BCUT2D eigenvalue weighted by molar-refractivity contribution is -0.152. The Kier molecular flexibility index (Phi) is 8.35. The van der Waals surface area contributed by atoms with Crippen molar-refractivity contribution >= 4 is 11.9 Å². The third-order valence-electron chi connectivity index (χ3n) is 5.21. The van der Waals surface area contributed by atoms with E-state index in [4.69, 9.17) is 4.74 Å². The van der Waals surface area contributed by atoms with E-state index >= 15 is 0 Å². The third kappa shape index (κ3) is 7.37. The second kappa shape index (κ2) is 11.6. The van der Waals surface area contributed by atoms with Crippen LogP contribution in [-0.4, -0.2) is 35.4 Å². The smallest absolute Gasteiger partial charge is 0.310 e. The number of hydrogen-bond donors (Lipinski definition) is 0. The number of aromatic nitrogens is 1. The molecule has 0 bridgehead atoms. The van der Waals surface area contributed by atoms with Crippen LogP contribution in [0.2, 0.25) is 0 Å². The summed E-state index contributed by atoms with van der Waals surface area (Å²) in [4.78, 5) is 31.4. The summed E-state index contributed by atoms with van der Waals surface area (Å²) >= 11 is 0. The van der Waals surface area contributed by atoms with Crippen LogP contribution in [0.5, 0.6) is 0 Å². The predicted octanol–water partition coefficient (Wildman–Crippen LogP) is 4.07. The lowest BCUT2D eigenvalue weighted by atomic mass is 9.95. The van der Waals surface area contributed by atoms with Crippen LogP contribution in [0.25, 0.3) is 0 Å². The van der Waals surface area contributed by atoms with Gasteiger partial charge in [-0.05, 0) is 41.7 Å². The highest BCUT2D eigenvalue weighted by Gasteiger charge is 2.25. The Labute approximate surface area is 183 Å². The van der Waals surface area contributed by atoms with Gasteiger partial charge < -0.3 is 9.64 Å². The monoisotopic (exact) mass is 416 g/mol. The van der Waals surface area contributed by atoms with Gasteiger partial charge in [0.1, 0.15) is 6.61 Å². The van der Waals surface area contributed by atoms with Gasteiger partial charge >= 0.3 is 5.97 Å². The van der Waals surface area contributed by atoms with Crippen LogP contribution < -0.4 is 0 Å². The standard InChI is InChI=1S/C26H28N2O3/c1-28(17-14-21-12-15-27-16-13-21)25(29)19-24(18-22-8-4-2-5-9-22)26(30)31-20-23-10-6-3-7-11-23/h2-13,15-16,24H,14,17-20H2,1H3/t24-/m1/s1. The van der Waals surface area contributed by atoms with E-state index in [0.717, 1.165) is 23.1 Å². The zero-order chi connectivity index (χ0) is 21.9. The molecule has 0 saturated carbocycles. The summed E-state index contributed by atoms with van der Waals surface area (Å²) in [5.74, 6) is -0.933. The van der Waals surface area contributed by atoms with Crippen molar-refractivity contribution in [3.8, 4) is 0 Å². The normalized spacial score (nSPS) is 11.5. The van der Waals surface area contributed by atoms with Crippen LogP contribution in [0.15, 0.2) is 85.2 Å². The molecule has 5 nitrogen and oxygen atoms in total. The summed E-state index contributed by atoms with van der Waals surface area (Å²) in [5, 5.41) is 0. The molecule has 0 aliphatic heterocycles. The number of carbonyl (C=O) groups is 2. The number of carbonyl (C=O) groups excluding carboxylic acids is 2. The van der Waals surface area contributed by atoms with Crippen molar-refractivity contribution in [3.05, 3.63) is 102 Å². The van der Waals surface area contributed by atoms with E-state index in [1.54, 1.807) is 24.3 Å². The van der Waals surface area contributed by atoms with Crippen molar-refractivity contribution in [3.63, 3.8) is 0 Å². The van der Waals surface area contributed by atoms with Crippen LogP contribution >= 0.6 is 0 Å². The molecule has 0 aliphatic rings. The molecule has 0 spiro atoms. The molecule has 1 heterocycles. The number of rotatable bonds is 10. The van der Waals surface area contributed by atoms with E-state index in [-0.39, 0.29) is 24.9 Å². The van der Waals surface area contributed by atoms with Crippen LogP contribution in [0.1, 0.15) is 23.1 Å². The number of amides is 1. The van der Waals surface area contributed by atoms with Crippen LogP contribution in [0, 0.1) is 5.92 Å². The molecular formula is C26H28N2O3. The topological polar surface area (TPSA) is 59.5 Å². The zero-order valence-electron chi connectivity index (χ0n) is 17.8. The van der Waals surface area contributed by atoms with Gasteiger partial charge in [-0.15, -0.1) is 0 Å². The van der Waals surface area contributed by atoms with Crippen LogP contribution in [-0.2, 0) is 33.8 Å². The molecule has 5 heteroatoms. The fourth-order valence-corrected chi connectivity index (χ4v) is 3.32.